The van der Waals surface area contributed by atoms with E-state index in [0.29, 0.717) is 80.9 Å². The maximum absolute atomic E-state index is 15.7. The van der Waals surface area contributed by atoms with Crippen LogP contribution in [0.15, 0.2) is 71.9 Å². The van der Waals surface area contributed by atoms with Crippen molar-refractivity contribution in [1.29, 1.82) is 0 Å². The average molecular weight is 723 g/mol. The molecule has 2 aromatic carbocycles. The summed E-state index contributed by atoms with van der Waals surface area (Å²) in [5.74, 6) is -0.465. The van der Waals surface area contributed by atoms with Crippen LogP contribution in [0.25, 0.3) is 22.3 Å². The summed E-state index contributed by atoms with van der Waals surface area (Å²) in [6, 6.07) is 13.1. The molecular weight excluding hydrogens is 679 g/mol. The molecule has 3 fully saturated rings. The molecule has 13 heteroatoms. The van der Waals surface area contributed by atoms with Crippen LogP contribution in [-0.2, 0) is 16.1 Å². The molecule has 0 radical (unpaired) electrons. The number of nitrogens with zero attached hydrogens (tertiary/aromatic N) is 3. The second-order valence-corrected chi connectivity index (χ2v) is 14.1. The highest BCUT2D eigenvalue weighted by Gasteiger charge is 2.36. The van der Waals surface area contributed by atoms with Gasteiger partial charge in [0.2, 0.25) is 5.43 Å². The molecule has 2 saturated heterocycles. The maximum Gasteiger partial charge on any atom is 0.263 e. The van der Waals surface area contributed by atoms with Gasteiger partial charge in [0.15, 0.2) is 6.10 Å². The number of amides is 3. The van der Waals surface area contributed by atoms with Crippen molar-refractivity contribution in [3.8, 4) is 28.0 Å². The molecule has 53 heavy (non-hydrogen) atoms. The molecule has 3 amide bonds. The van der Waals surface area contributed by atoms with Gasteiger partial charge in [-0.2, -0.15) is 0 Å². The number of rotatable bonds is 13. The van der Waals surface area contributed by atoms with Crippen molar-refractivity contribution in [3.05, 3.63) is 94.3 Å². The van der Waals surface area contributed by atoms with Gasteiger partial charge in [-0.15, -0.1) is 0 Å². The van der Waals surface area contributed by atoms with E-state index in [4.69, 9.17) is 15.2 Å². The summed E-state index contributed by atoms with van der Waals surface area (Å²) < 4.78 is 28.7. The smallest absolute Gasteiger partial charge is 0.263 e. The van der Waals surface area contributed by atoms with Crippen molar-refractivity contribution < 1.29 is 28.2 Å². The number of likely N-dealkylation sites (tertiary alicyclic amines) is 1. The van der Waals surface area contributed by atoms with E-state index < -0.39 is 29.2 Å². The molecule has 0 bridgehead atoms. The molecule has 1 saturated carbocycles. The van der Waals surface area contributed by atoms with Crippen molar-refractivity contribution in [2.75, 3.05) is 43.9 Å². The molecule has 1 aliphatic carbocycles. The van der Waals surface area contributed by atoms with Gasteiger partial charge in [-0.25, -0.2) is 9.37 Å². The zero-order valence-corrected chi connectivity index (χ0v) is 29.6. The number of anilines is 2. The first kappa shape index (κ1) is 35.8. The second-order valence-electron chi connectivity index (χ2n) is 14.1. The zero-order chi connectivity index (χ0) is 37.1. The van der Waals surface area contributed by atoms with Crippen LogP contribution in [0.2, 0.25) is 0 Å². The Morgan fingerprint density at radius 2 is 1.70 bits per heavy atom. The van der Waals surface area contributed by atoms with Gasteiger partial charge >= 0.3 is 0 Å². The van der Waals surface area contributed by atoms with Crippen molar-refractivity contribution in [3.63, 3.8) is 0 Å². The van der Waals surface area contributed by atoms with Crippen molar-refractivity contribution in [2.24, 2.45) is 11.8 Å². The van der Waals surface area contributed by atoms with Crippen molar-refractivity contribution in [1.82, 2.24) is 19.8 Å². The van der Waals surface area contributed by atoms with Crippen LogP contribution >= 0.6 is 0 Å². The fraction of sp³-hybridized carbons (Fsp3) is 0.375. The largest absolute Gasteiger partial charge is 0.481 e. The number of hydrogen-bond acceptors (Lipinski definition) is 8. The summed E-state index contributed by atoms with van der Waals surface area (Å²) in [6.07, 6.45) is 8.56. The summed E-state index contributed by atoms with van der Waals surface area (Å²) in [5.41, 5.74) is 7.34. The lowest BCUT2D eigenvalue weighted by Gasteiger charge is -2.30. The average Bonchev–Trinajstić information content (AvgIpc) is 3.45. The zero-order valence-electron chi connectivity index (χ0n) is 29.6. The van der Waals surface area contributed by atoms with Crippen LogP contribution in [-0.4, -0.2) is 71.1 Å². The van der Waals surface area contributed by atoms with E-state index in [1.807, 2.05) is 24.0 Å². The van der Waals surface area contributed by atoms with E-state index in [1.54, 1.807) is 29.0 Å². The minimum atomic E-state index is -0.747. The fourth-order valence-electron chi connectivity index (χ4n) is 6.82. The SMILES string of the molecule is CCCNC(=O)c1cn(CC2CCC2)cc(C(=O)Nc2ccc(-c3cc(-c4ccc(O[C@@H]5CCN(CC6COC6)C5=O)cc4)cnc3N)c(F)c2)c1=O. The van der Waals surface area contributed by atoms with Crippen LogP contribution in [0.3, 0.4) is 0 Å². The minimum Gasteiger partial charge on any atom is -0.481 e. The topological polar surface area (TPSA) is 158 Å². The lowest BCUT2D eigenvalue weighted by molar-refractivity contribution is -0.136. The van der Waals surface area contributed by atoms with Crippen LogP contribution < -0.4 is 26.5 Å². The Balaban J connectivity index is 1.05. The molecule has 276 valence electrons. The third kappa shape index (κ3) is 7.95. The Morgan fingerprint density at radius 1 is 0.943 bits per heavy atom. The van der Waals surface area contributed by atoms with E-state index in [0.717, 1.165) is 30.9 Å². The van der Waals surface area contributed by atoms with E-state index in [1.165, 1.54) is 24.5 Å². The van der Waals surface area contributed by atoms with Crippen molar-refractivity contribution >= 4 is 29.2 Å². The molecule has 2 aliphatic heterocycles. The highest BCUT2D eigenvalue weighted by atomic mass is 19.1. The predicted molar refractivity (Wildman–Crippen MR) is 198 cm³/mol. The Labute approximate surface area is 306 Å². The quantitative estimate of drug-likeness (QED) is 0.172. The van der Waals surface area contributed by atoms with Gasteiger partial charge in [-0.05, 0) is 67.1 Å². The number of pyridine rings is 2. The number of benzene rings is 2. The Bertz CT molecular complexity index is 2080. The molecule has 7 rings (SSSR count). The number of halogens is 1. The molecule has 3 aliphatic rings. The summed E-state index contributed by atoms with van der Waals surface area (Å²) in [7, 11) is 0. The molecule has 4 aromatic rings. The summed E-state index contributed by atoms with van der Waals surface area (Å²) in [6.45, 7) is 5.63. The molecule has 0 spiro atoms. The number of carbonyl (C=O) groups is 3. The fourth-order valence-corrected chi connectivity index (χ4v) is 6.82. The number of nitrogens with two attached hydrogens (primary N) is 1. The monoisotopic (exact) mass is 722 g/mol. The van der Waals surface area contributed by atoms with Crippen LogP contribution in [0.5, 0.6) is 5.75 Å². The highest BCUT2D eigenvalue weighted by molar-refractivity contribution is 6.06. The molecular formula is C40H43FN6O6. The van der Waals surface area contributed by atoms with Gasteiger partial charge in [0.25, 0.3) is 17.7 Å². The number of hydrogen-bond donors (Lipinski definition) is 3. The normalized spacial score (nSPS) is 17.3. The molecule has 1 atom stereocenters. The first-order valence-corrected chi connectivity index (χ1v) is 18.2. The molecule has 4 N–H and O–H groups in total. The summed E-state index contributed by atoms with van der Waals surface area (Å²) in [4.78, 5) is 58.6. The van der Waals surface area contributed by atoms with Crippen LogP contribution in [0.4, 0.5) is 15.9 Å². The van der Waals surface area contributed by atoms with E-state index in [9.17, 15) is 19.2 Å². The summed E-state index contributed by atoms with van der Waals surface area (Å²) >= 11 is 0. The first-order chi connectivity index (χ1) is 25.7. The first-order valence-electron chi connectivity index (χ1n) is 18.2. The summed E-state index contributed by atoms with van der Waals surface area (Å²) in [5, 5.41) is 5.34. The van der Waals surface area contributed by atoms with Gasteiger partial charge in [0, 0.05) is 79.5 Å². The van der Waals surface area contributed by atoms with Crippen LogP contribution in [0, 0.1) is 17.7 Å². The lowest BCUT2D eigenvalue weighted by atomic mass is 9.85. The molecule has 4 heterocycles. The van der Waals surface area contributed by atoms with Gasteiger partial charge in [0.1, 0.15) is 28.5 Å². The Morgan fingerprint density at radius 3 is 2.36 bits per heavy atom. The minimum absolute atomic E-state index is 0.00971. The molecule has 0 unspecified atom stereocenters. The van der Waals surface area contributed by atoms with E-state index in [2.05, 4.69) is 15.6 Å². The highest BCUT2D eigenvalue weighted by Crippen LogP contribution is 2.34. The van der Waals surface area contributed by atoms with Crippen LogP contribution in [0.1, 0.15) is 59.7 Å². The number of nitrogen functional groups attached to an aromatic ring is 1. The lowest BCUT2D eigenvalue weighted by Crippen LogP contribution is -2.42. The third-order valence-electron chi connectivity index (χ3n) is 10.1. The third-order valence-corrected chi connectivity index (χ3v) is 10.1. The molecule has 2 aromatic heterocycles. The number of carbonyl (C=O) groups excluding carboxylic acids is 3. The van der Waals surface area contributed by atoms with Gasteiger partial charge < -0.3 is 35.3 Å². The van der Waals surface area contributed by atoms with Crippen molar-refractivity contribution in [2.45, 2.75) is 51.7 Å². The van der Waals surface area contributed by atoms with E-state index in [-0.39, 0.29) is 34.1 Å². The van der Waals surface area contributed by atoms with Gasteiger partial charge in [-0.3, -0.25) is 19.2 Å². The van der Waals surface area contributed by atoms with Gasteiger partial charge in [0.05, 0.1) is 13.2 Å². The Hall–Kier alpha value is -5.56. The maximum atomic E-state index is 15.7. The number of ether oxygens (including phenoxy) is 2. The predicted octanol–water partition coefficient (Wildman–Crippen LogP) is 5.12. The number of nitrogens with one attached hydrogen (secondary N) is 2. The number of aromatic nitrogens is 2. The van der Waals surface area contributed by atoms with Gasteiger partial charge in [-0.1, -0.05) is 25.5 Å². The molecule has 12 nitrogen and oxygen atoms in total. The second kappa shape index (κ2) is 15.6. The Kier molecular flexibility index (Phi) is 10.5. The standard InChI is InChI=1S/C40H43FN6O6/c1-2-13-43-38(49)32-20-46(18-24-4-3-5-24)21-33(36(32)48)39(50)45-28-8-11-30(34(41)16-28)31-15-27(17-44-37(31)42)26-6-9-29(10-7-26)53-35-12-14-47(40(35)51)19-25-22-52-23-25/h6-11,15-17,20-21,24-25,35H,2-5,12-14,18-19,22-23H2,1H3,(H2,42,44)(H,43,49)(H,45,50)/t35-/m1/s1. The van der Waals surface area contributed by atoms with E-state index >= 15 is 4.39 Å².